The van der Waals surface area contributed by atoms with Crippen molar-refractivity contribution in [2.45, 2.75) is 25.8 Å². The molecule has 1 aliphatic rings. The summed E-state index contributed by atoms with van der Waals surface area (Å²) in [5.74, 6) is 1.01. The Balaban J connectivity index is 1.86. The van der Waals surface area contributed by atoms with Gasteiger partial charge in [-0.1, -0.05) is 12.1 Å². The van der Waals surface area contributed by atoms with Gasteiger partial charge in [-0.15, -0.1) is 0 Å². The molecule has 0 saturated carbocycles. The second kappa shape index (κ2) is 6.02. The highest BCUT2D eigenvalue weighted by Crippen LogP contribution is 2.26. The summed E-state index contributed by atoms with van der Waals surface area (Å²) in [7, 11) is 0. The molecule has 1 aliphatic heterocycles. The van der Waals surface area contributed by atoms with Gasteiger partial charge in [-0.25, -0.2) is 4.98 Å². The number of hydrogen-bond donors (Lipinski definition) is 1. The third-order valence-electron chi connectivity index (χ3n) is 3.81. The first-order valence-electron chi connectivity index (χ1n) is 7.21. The normalized spacial score (nSPS) is 18.8. The summed E-state index contributed by atoms with van der Waals surface area (Å²) in [6, 6.07) is 10.5. The number of benzene rings is 1. The van der Waals surface area contributed by atoms with Crippen molar-refractivity contribution in [3.05, 3.63) is 34.8 Å². The fourth-order valence-electron chi connectivity index (χ4n) is 2.87. The molecule has 0 radical (unpaired) electrons. The fraction of sp³-hybridized carbons (Fsp3) is 0.375. The standard InChI is InChI=1S/C16H18BrN3O/c1-11(21)18-13-5-3-9-20(10-13)15-8-7-12-4-2-6-14(17)16(12)19-15/h2,4,6-8,13H,3,5,9-10H2,1H3,(H,18,21)/t13-/m0/s1. The van der Waals surface area contributed by atoms with Crippen LogP contribution in [0.5, 0.6) is 0 Å². The number of aromatic nitrogens is 1. The highest BCUT2D eigenvalue weighted by atomic mass is 79.9. The number of hydrogen-bond acceptors (Lipinski definition) is 3. The lowest BCUT2D eigenvalue weighted by Gasteiger charge is -2.33. The topological polar surface area (TPSA) is 45.2 Å². The van der Waals surface area contributed by atoms with Crippen molar-refractivity contribution in [2.75, 3.05) is 18.0 Å². The van der Waals surface area contributed by atoms with Crippen molar-refractivity contribution in [3.63, 3.8) is 0 Å². The average molecular weight is 348 g/mol. The molecule has 1 atom stereocenters. The van der Waals surface area contributed by atoms with Crippen LogP contribution in [0.2, 0.25) is 0 Å². The highest BCUT2D eigenvalue weighted by Gasteiger charge is 2.21. The number of carbonyl (C=O) groups is 1. The van der Waals surface area contributed by atoms with Gasteiger partial charge in [-0.3, -0.25) is 4.79 Å². The molecule has 21 heavy (non-hydrogen) atoms. The number of pyridine rings is 1. The summed E-state index contributed by atoms with van der Waals surface area (Å²) in [6.07, 6.45) is 2.11. The minimum Gasteiger partial charge on any atom is -0.355 e. The summed E-state index contributed by atoms with van der Waals surface area (Å²) < 4.78 is 1.01. The number of nitrogens with zero attached hydrogens (tertiary/aromatic N) is 2. The van der Waals surface area contributed by atoms with Gasteiger partial charge in [-0.2, -0.15) is 0 Å². The van der Waals surface area contributed by atoms with E-state index in [2.05, 4.69) is 44.3 Å². The van der Waals surface area contributed by atoms with Crippen molar-refractivity contribution in [1.29, 1.82) is 0 Å². The predicted octanol–water partition coefficient (Wildman–Crippen LogP) is 3.10. The van der Waals surface area contributed by atoms with Crippen molar-refractivity contribution in [3.8, 4) is 0 Å². The fourth-order valence-corrected chi connectivity index (χ4v) is 3.34. The van der Waals surface area contributed by atoms with Gasteiger partial charge >= 0.3 is 0 Å². The Morgan fingerprint density at radius 1 is 1.38 bits per heavy atom. The van der Waals surface area contributed by atoms with Crippen LogP contribution in [0.15, 0.2) is 34.8 Å². The summed E-state index contributed by atoms with van der Waals surface area (Å²) in [5.41, 5.74) is 0.983. The Morgan fingerprint density at radius 2 is 2.24 bits per heavy atom. The predicted molar refractivity (Wildman–Crippen MR) is 88.5 cm³/mol. The number of fused-ring (bicyclic) bond motifs is 1. The lowest BCUT2D eigenvalue weighted by molar-refractivity contribution is -0.119. The molecular formula is C16H18BrN3O. The number of piperidine rings is 1. The van der Waals surface area contributed by atoms with Gasteiger partial charge < -0.3 is 10.2 Å². The molecule has 0 unspecified atom stereocenters. The number of amides is 1. The maximum absolute atomic E-state index is 11.2. The number of rotatable bonds is 2. The molecule has 1 aromatic heterocycles. The molecule has 5 heteroatoms. The van der Waals surface area contributed by atoms with E-state index < -0.39 is 0 Å². The summed E-state index contributed by atoms with van der Waals surface area (Å²) in [4.78, 5) is 18.3. The van der Waals surface area contributed by atoms with Crippen LogP contribution < -0.4 is 10.2 Å². The monoisotopic (exact) mass is 347 g/mol. The van der Waals surface area contributed by atoms with E-state index in [-0.39, 0.29) is 11.9 Å². The van der Waals surface area contributed by atoms with Gasteiger partial charge in [-0.05, 0) is 47.0 Å². The van der Waals surface area contributed by atoms with Crippen LogP contribution in [-0.4, -0.2) is 30.0 Å². The van der Waals surface area contributed by atoms with Gasteiger partial charge in [0.05, 0.1) is 5.52 Å². The Kier molecular flexibility index (Phi) is 4.10. The molecule has 2 heterocycles. The van der Waals surface area contributed by atoms with E-state index in [4.69, 9.17) is 4.98 Å². The van der Waals surface area contributed by atoms with Gasteiger partial charge in [0, 0.05) is 35.9 Å². The maximum Gasteiger partial charge on any atom is 0.217 e. The molecule has 1 saturated heterocycles. The minimum absolute atomic E-state index is 0.0380. The minimum atomic E-state index is 0.0380. The third kappa shape index (κ3) is 3.18. The van der Waals surface area contributed by atoms with E-state index in [9.17, 15) is 4.79 Å². The number of nitrogens with one attached hydrogen (secondary N) is 1. The molecule has 110 valence electrons. The number of halogens is 1. The molecule has 1 amide bonds. The van der Waals surface area contributed by atoms with Crippen LogP contribution >= 0.6 is 15.9 Å². The largest absolute Gasteiger partial charge is 0.355 e. The smallest absolute Gasteiger partial charge is 0.217 e. The SMILES string of the molecule is CC(=O)N[C@H]1CCCN(c2ccc3cccc(Br)c3n2)C1. The van der Waals surface area contributed by atoms with Crippen molar-refractivity contribution >= 4 is 38.6 Å². The number of carbonyl (C=O) groups excluding carboxylic acids is 1. The first kappa shape index (κ1) is 14.3. The zero-order chi connectivity index (χ0) is 14.8. The summed E-state index contributed by atoms with van der Waals surface area (Å²) in [5, 5.41) is 4.14. The summed E-state index contributed by atoms with van der Waals surface area (Å²) >= 11 is 3.56. The van der Waals surface area contributed by atoms with E-state index in [1.807, 2.05) is 12.1 Å². The van der Waals surface area contributed by atoms with Gasteiger partial charge in [0.25, 0.3) is 0 Å². The Morgan fingerprint density at radius 3 is 3.05 bits per heavy atom. The van der Waals surface area contributed by atoms with Gasteiger partial charge in [0.1, 0.15) is 5.82 Å². The second-order valence-electron chi connectivity index (χ2n) is 5.47. The molecule has 3 rings (SSSR count). The zero-order valence-electron chi connectivity index (χ0n) is 12.0. The van der Waals surface area contributed by atoms with Crippen LogP contribution in [0, 0.1) is 0 Å². The Hall–Kier alpha value is -1.62. The van der Waals surface area contributed by atoms with E-state index in [1.165, 1.54) is 0 Å². The first-order chi connectivity index (χ1) is 10.1. The second-order valence-corrected chi connectivity index (χ2v) is 6.32. The maximum atomic E-state index is 11.2. The highest BCUT2D eigenvalue weighted by molar-refractivity contribution is 9.10. The zero-order valence-corrected chi connectivity index (χ0v) is 13.6. The van der Waals surface area contributed by atoms with E-state index >= 15 is 0 Å². The Labute approximate surface area is 132 Å². The van der Waals surface area contributed by atoms with Crippen LogP contribution in [-0.2, 0) is 4.79 Å². The first-order valence-corrected chi connectivity index (χ1v) is 8.00. The van der Waals surface area contributed by atoms with Crippen LogP contribution in [0.25, 0.3) is 10.9 Å². The molecule has 0 aliphatic carbocycles. The average Bonchev–Trinajstić information content (AvgIpc) is 2.47. The van der Waals surface area contributed by atoms with Crippen molar-refractivity contribution in [1.82, 2.24) is 10.3 Å². The number of para-hydroxylation sites is 1. The molecule has 1 fully saturated rings. The molecule has 1 N–H and O–H groups in total. The van der Waals surface area contributed by atoms with Crippen molar-refractivity contribution in [2.24, 2.45) is 0 Å². The van der Waals surface area contributed by atoms with Crippen molar-refractivity contribution < 1.29 is 4.79 Å². The lowest BCUT2D eigenvalue weighted by atomic mass is 10.1. The van der Waals surface area contributed by atoms with Crippen LogP contribution in [0.4, 0.5) is 5.82 Å². The molecule has 1 aromatic carbocycles. The molecule has 2 aromatic rings. The Bertz CT molecular complexity index is 674. The molecular weight excluding hydrogens is 330 g/mol. The van der Waals surface area contributed by atoms with Gasteiger partial charge in [0.15, 0.2) is 0 Å². The van der Waals surface area contributed by atoms with E-state index in [0.29, 0.717) is 0 Å². The van der Waals surface area contributed by atoms with E-state index in [1.54, 1.807) is 6.92 Å². The third-order valence-corrected chi connectivity index (χ3v) is 4.45. The molecule has 0 bridgehead atoms. The van der Waals surface area contributed by atoms with Gasteiger partial charge in [0.2, 0.25) is 5.91 Å². The van der Waals surface area contributed by atoms with Crippen LogP contribution in [0.3, 0.4) is 0 Å². The molecule has 4 nitrogen and oxygen atoms in total. The van der Waals surface area contributed by atoms with E-state index in [0.717, 1.165) is 47.1 Å². The molecule has 0 spiro atoms. The quantitative estimate of drug-likeness (QED) is 0.907. The van der Waals surface area contributed by atoms with Crippen LogP contribution in [0.1, 0.15) is 19.8 Å². The lowest BCUT2D eigenvalue weighted by Crippen LogP contribution is -2.47. The summed E-state index contributed by atoms with van der Waals surface area (Å²) in [6.45, 7) is 3.38. The number of anilines is 1.